The highest BCUT2D eigenvalue weighted by Gasteiger charge is 2.26. The monoisotopic (exact) mass is 389 g/mol. The lowest BCUT2D eigenvalue weighted by molar-refractivity contribution is -0.385. The van der Waals surface area contributed by atoms with Crippen LogP contribution in [0, 0.1) is 10.1 Å². The number of pyridine rings is 1. The van der Waals surface area contributed by atoms with Crippen molar-refractivity contribution < 1.29 is 9.66 Å². The second-order valence-corrected chi connectivity index (χ2v) is 7.35. The first-order chi connectivity index (χ1) is 14.2. The number of nitro groups is 1. The summed E-state index contributed by atoms with van der Waals surface area (Å²) in [5.74, 6) is 0.0759. The van der Waals surface area contributed by atoms with E-state index in [1.807, 2.05) is 12.1 Å². The van der Waals surface area contributed by atoms with Crippen molar-refractivity contribution in [1.29, 1.82) is 0 Å². The van der Waals surface area contributed by atoms with Gasteiger partial charge in [-0.3, -0.25) is 20.0 Å². The summed E-state index contributed by atoms with van der Waals surface area (Å²) >= 11 is 0. The SMILES string of the molecule is O=[N+]([O-])c1cnc2c(c1)COC[C@@H]2CN(Cc1ccccc1)Cc1ccccc1. The third-order valence-corrected chi connectivity index (χ3v) is 5.14. The number of aromatic nitrogens is 1. The second-order valence-electron chi connectivity index (χ2n) is 7.35. The summed E-state index contributed by atoms with van der Waals surface area (Å²) in [4.78, 5) is 17.5. The van der Waals surface area contributed by atoms with Crippen molar-refractivity contribution in [3.05, 3.63) is 105 Å². The maximum atomic E-state index is 11.1. The van der Waals surface area contributed by atoms with Crippen LogP contribution >= 0.6 is 0 Å². The Balaban J connectivity index is 1.56. The van der Waals surface area contributed by atoms with Gasteiger partial charge in [-0.15, -0.1) is 0 Å². The fourth-order valence-electron chi connectivity index (χ4n) is 3.80. The van der Waals surface area contributed by atoms with E-state index in [9.17, 15) is 10.1 Å². The zero-order chi connectivity index (χ0) is 20.1. The van der Waals surface area contributed by atoms with Crippen molar-refractivity contribution in [1.82, 2.24) is 9.88 Å². The Hall–Kier alpha value is -3.09. The van der Waals surface area contributed by atoms with E-state index >= 15 is 0 Å². The summed E-state index contributed by atoms with van der Waals surface area (Å²) in [5, 5.41) is 11.1. The molecule has 0 unspecified atom stereocenters. The van der Waals surface area contributed by atoms with Crippen LogP contribution in [0.1, 0.15) is 28.3 Å². The highest BCUT2D eigenvalue weighted by atomic mass is 16.6. The Morgan fingerprint density at radius 2 is 1.66 bits per heavy atom. The fourth-order valence-corrected chi connectivity index (χ4v) is 3.80. The Morgan fingerprint density at radius 3 is 2.24 bits per heavy atom. The van der Waals surface area contributed by atoms with Crippen LogP contribution in [0.4, 0.5) is 5.69 Å². The molecule has 2 aromatic carbocycles. The predicted molar refractivity (Wildman–Crippen MR) is 110 cm³/mol. The van der Waals surface area contributed by atoms with Gasteiger partial charge in [-0.25, -0.2) is 0 Å². The highest BCUT2D eigenvalue weighted by molar-refractivity contribution is 5.36. The molecule has 0 spiro atoms. The van der Waals surface area contributed by atoms with Crippen LogP contribution in [0.5, 0.6) is 0 Å². The van der Waals surface area contributed by atoms with Gasteiger partial charge in [0.2, 0.25) is 0 Å². The smallest absolute Gasteiger partial charge is 0.287 e. The molecule has 1 aliphatic rings. The molecule has 1 aromatic heterocycles. The van der Waals surface area contributed by atoms with E-state index in [2.05, 4.69) is 58.4 Å². The number of benzene rings is 2. The van der Waals surface area contributed by atoms with Gasteiger partial charge in [-0.1, -0.05) is 60.7 Å². The minimum Gasteiger partial charge on any atom is -0.376 e. The van der Waals surface area contributed by atoms with Crippen LogP contribution in [0.15, 0.2) is 72.9 Å². The lowest BCUT2D eigenvalue weighted by Crippen LogP contribution is -2.32. The summed E-state index contributed by atoms with van der Waals surface area (Å²) < 4.78 is 5.76. The largest absolute Gasteiger partial charge is 0.376 e. The predicted octanol–water partition coefficient (Wildman–Crippen LogP) is 4.31. The molecule has 148 valence electrons. The van der Waals surface area contributed by atoms with Crippen LogP contribution in [-0.4, -0.2) is 28.0 Å². The second kappa shape index (κ2) is 8.94. The van der Waals surface area contributed by atoms with Gasteiger partial charge in [0.1, 0.15) is 6.20 Å². The van der Waals surface area contributed by atoms with Gasteiger partial charge in [0.05, 0.1) is 23.8 Å². The van der Waals surface area contributed by atoms with Gasteiger partial charge < -0.3 is 4.74 Å². The first-order valence-corrected chi connectivity index (χ1v) is 9.70. The van der Waals surface area contributed by atoms with Gasteiger partial charge in [-0.05, 0) is 11.1 Å². The van der Waals surface area contributed by atoms with E-state index in [1.54, 1.807) is 6.07 Å². The maximum absolute atomic E-state index is 11.1. The molecule has 0 N–H and O–H groups in total. The molecule has 0 bridgehead atoms. The Labute approximate surface area is 169 Å². The molecule has 1 atom stereocenters. The van der Waals surface area contributed by atoms with E-state index in [-0.39, 0.29) is 11.6 Å². The van der Waals surface area contributed by atoms with Gasteiger partial charge in [0, 0.05) is 37.2 Å². The Bertz CT molecular complexity index is 922. The van der Waals surface area contributed by atoms with Gasteiger partial charge in [0.25, 0.3) is 5.69 Å². The third-order valence-electron chi connectivity index (χ3n) is 5.14. The molecule has 4 rings (SSSR count). The molecule has 0 fully saturated rings. The molecule has 3 aromatic rings. The summed E-state index contributed by atoms with van der Waals surface area (Å²) in [6, 6.07) is 22.4. The zero-order valence-corrected chi connectivity index (χ0v) is 16.1. The molecule has 1 aliphatic heterocycles. The van der Waals surface area contributed by atoms with Crippen molar-refractivity contribution in [3.8, 4) is 0 Å². The lowest BCUT2D eigenvalue weighted by atomic mass is 9.97. The lowest BCUT2D eigenvalue weighted by Gasteiger charge is -2.30. The first-order valence-electron chi connectivity index (χ1n) is 9.70. The normalized spacial score (nSPS) is 15.8. The molecular formula is C23H23N3O3. The first kappa shape index (κ1) is 19.2. The summed E-state index contributed by atoms with van der Waals surface area (Å²) in [6.45, 7) is 3.33. The third kappa shape index (κ3) is 4.85. The van der Waals surface area contributed by atoms with Crippen LogP contribution in [0.2, 0.25) is 0 Å². The van der Waals surface area contributed by atoms with E-state index in [0.29, 0.717) is 13.2 Å². The van der Waals surface area contributed by atoms with Gasteiger partial charge in [0.15, 0.2) is 0 Å². The van der Waals surface area contributed by atoms with E-state index in [4.69, 9.17) is 4.74 Å². The quantitative estimate of drug-likeness (QED) is 0.445. The van der Waals surface area contributed by atoms with Crippen molar-refractivity contribution in [2.24, 2.45) is 0 Å². The van der Waals surface area contributed by atoms with Crippen LogP contribution < -0.4 is 0 Å². The number of hydrogen-bond donors (Lipinski definition) is 0. The van der Waals surface area contributed by atoms with E-state index < -0.39 is 4.92 Å². The molecule has 6 nitrogen and oxygen atoms in total. The van der Waals surface area contributed by atoms with Crippen molar-refractivity contribution >= 4 is 5.69 Å². The molecular weight excluding hydrogens is 366 g/mol. The number of fused-ring (bicyclic) bond motifs is 1. The van der Waals surface area contributed by atoms with Crippen LogP contribution in [0.3, 0.4) is 0 Å². The number of ether oxygens (including phenoxy) is 1. The summed E-state index contributed by atoms with van der Waals surface area (Å²) in [5.41, 5.74) is 4.23. The van der Waals surface area contributed by atoms with Crippen molar-refractivity contribution in [2.45, 2.75) is 25.6 Å². The maximum Gasteiger partial charge on any atom is 0.287 e. The molecule has 0 amide bonds. The minimum atomic E-state index is -0.409. The number of nitrogens with zero attached hydrogens (tertiary/aromatic N) is 3. The van der Waals surface area contributed by atoms with Crippen LogP contribution in [0.25, 0.3) is 0 Å². The van der Waals surface area contributed by atoms with Crippen molar-refractivity contribution in [3.63, 3.8) is 0 Å². The average Bonchev–Trinajstić information content (AvgIpc) is 2.75. The number of rotatable bonds is 7. The van der Waals surface area contributed by atoms with Crippen LogP contribution in [-0.2, 0) is 24.4 Å². The molecule has 0 aliphatic carbocycles. The highest BCUT2D eigenvalue weighted by Crippen LogP contribution is 2.29. The molecule has 6 heteroatoms. The minimum absolute atomic E-state index is 0.0124. The Kier molecular flexibility index (Phi) is 5.93. The molecule has 0 radical (unpaired) electrons. The van der Waals surface area contributed by atoms with Gasteiger partial charge >= 0.3 is 0 Å². The summed E-state index contributed by atoms with van der Waals surface area (Å²) in [6.07, 6.45) is 1.36. The average molecular weight is 389 g/mol. The fraction of sp³-hybridized carbons (Fsp3) is 0.261. The molecule has 0 saturated carbocycles. The number of hydrogen-bond acceptors (Lipinski definition) is 5. The van der Waals surface area contributed by atoms with E-state index in [0.717, 1.165) is 30.9 Å². The van der Waals surface area contributed by atoms with Gasteiger partial charge in [-0.2, -0.15) is 0 Å². The Morgan fingerprint density at radius 1 is 1.03 bits per heavy atom. The molecule has 29 heavy (non-hydrogen) atoms. The standard InChI is InChI=1S/C23H23N3O3/c27-26(28)22-11-20-16-29-17-21(23(20)24-12-22)15-25(13-18-7-3-1-4-8-18)14-19-9-5-2-6-10-19/h1-12,21H,13-17H2/t21-/m0/s1. The summed E-state index contributed by atoms with van der Waals surface area (Å²) in [7, 11) is 0. The van der Waals surface area contributed by atoms with Crippen molar-refractivity contribution in [2.75, 3.05) is 13.2 Å². The van der Waals surface area contributed by atoms with E-state index in [1.165, 1.54) is 17.3 Å². The topological polar surface area (TPSA) is 68.5 Å². The zero-order valence-electron chi connectivity index (χ0n) is 16.1. The molecule has 0 saturated heterocycles. The molecule has 2 heterocycles.